The molecule has 2 aromatic carbocycles. The third-order valence-electron chi connectivity index (χ3n) is 3.65. The molecule has 0 fully saturated rings. The van der Waals surface area contributed by atoms with Crippen molar-refractivity contribution in [3.8, 4) is 11.1 Å². The van der Waals surface area contributed by atoms with Crippen molar-refractivity contribution in [2.45, 2.75) is 32.7 Å². The van der Waals surface area contributed by atoms with E-state index < -0.39 is 0 Å². The lowest BCUT2D eigenvalue weighted by Gasteiger charge is -2.17. The van der Waals surface area contributed by atoms with Gasteiger partial charge in [-0.1, -0.05) is 67.9 Å². The Hall–Kier alpha value is -2.09. The topological polar surface area (TPSA) is 20.3 Å². The molecule has 0 unspecified atom stereocenters. The molecule has 0 saturated carbocycles. The summed E-state index contributed by atoms with van der Waals surface area (Å²) < 4.78 is 0. The van der Waals surface area contributed by atoms with Crippen LogP contribution in [0.3, 0.4) is 0 Å². The Bertz CT molecular complexity index is 560. The van der Waals surface area contributed by atoms with Crippen molar-refractivity contribution in [1.29, 1.82) is 0 Å². The molecule has 1 amide bonds. The second kappa shape index (κ2) is 7.63. The molecule has 0 aliphatic carbocycles. The first-order valence-electron chi connectivity index (χ1n) is 7.59. The van der Waals surface area contributed by atoms with Crippen LogP contribution in [-0.4, -0.2) is 17.9 Å². The van der Waals surface area contributed by atoms with Crippen LogP contribution in [0.15, 0.2) is 54.6 Å². The van der Waals surface area contributed by atoms with Gasteiger partial charge in [0, 0.05) is 20.0 Å². The number of unbranched alkanes of at least 4 members (excludes halogenated alkanes) is 1. The van der Waals surface area contributed by atoms with E-state index in [1.807, 2.05) is 30.1 Å². The fraction of sp³-hybridized carbons (Fsp3) is 0.316. The van der Waals surface area contributed by atoms with Crippen LogP contribution in [-0.2, 0) is 11.3 Å². The largest absolute Gasteiger partial charge is 0.341 e. The lowest BCUT2D eigenvalue weighted by Crippen LogP contribution is -2.25. The summed E-state index contributed by atoms with van der Waals surface area (Å²) in [4.78, 5) is 13.7. The maximum absolute atomic E-state index is 11.9. The molecule has 2 aromatic rings. The van der Waals surface area contributed by atoms with Crippen molar-refractivity contribution in [3.63, 3.8) is 0 Å². The minimum absolute atomic E-state index is 0.226. The first kappa shape index (κ1) is 15.3. The molecule has 0 radical (unpaired) electrons. The van der Waals surface area contributed by atoms with Gasteiger partial charge in [0.15, 0.2) is 0 Å². The van der Waals surface area contributed by atoms with Crippen LogP contribution in [0.25, 0.3) is 11.1 Å². The highest BCUT2D eigenvalue weighted by atomic mass is 16.2. The highest BCUT2D eigenvalue weighted by molar-refractivity contribution is 5.75. The number of rotatable bonds is 6. The molecule has 2 nitrogen and oxygen atoms in total. The molecule has 0 atom stereocenters. The van der Waals surface area contributed by atoms with Crippen molar-refractivity contribution in [1.82, 2.24) is 4.90 Å². The number of nitrogens with zero attached hydrogens (tertiary/aromatic N) is 1. The summed E-state index contributed by atoms with van der Waals surface area (Å²) in [5.41, 5.74) is 3.60. The van der Waals surface area contributed by atoms with E-state index >= 15 is 0 Å². The maximum Gasteiger partial charge on any atom is 0.222 e. The van der Waals surface area contributed by atoms with Gasteiger partial charge in [-0.2, -0.15) is 0 Å². The molecule has 0 aliphatic rings. The molecule has 110 valence electrons. The molecular weight excluding hydrogens is 258 g/mol. The summed E-state index contributed by atoms with van der Waals surface area (Å²) in [5.74, 6) is 0.226. The molecule has 21 heavy (non-hydrogen) atoms. The summed E-state index contributed by atoms with van der Waals surface area (Å²) in [7, 11) is 1.88. The molecule has 0 bridgehead atoms. The number of amides is 1. The Morgan fingerprint density at radius 3 is 2.19 bits per heavy atom. The molecule has 0 aromatic heterocycles. The predicted octanol–water partition coefficient (Wildman–Crippen LogP) is 4.50. The predicted molar refractivity (Wildman–Crippen MR) is 87.9 cm³/mol. The highest BCUT2D eigenvalue weighted by Gasteiger charge is 2.08. The van der Waals surface area contributed by atoms with Crippen LogP contribution < -0.4 is 0 Å². The molecule has 0 N–H and O–H groups in total. The molecule has 2 heteroatoms. The van der Waals surface area contributed by atoms with Gasteiger partial charge in [-0.15, -0.1) is 0 Å². The van der Waals surface area contributed by atoms with Crippen LogP contribution in [0.5, 0.6) is 0 Å². The van der Waals surface area contributed by atoms with E-state index in [1.165, 1.54) is 16.7 Å². The summed E-state index contributed by atoms with van der Waals surface area (Å²) in [6.07, 6.45) is 2.68. The van der Waals surface area contributed by atoms with Crippen molar-refractivity contribution >= 4 is 5.91 Å². The Balaban J connectivity index is 1.98. The Kier molecular flexibility index (Phi) is 5.56. The van der Waals surface area contributed by atoms with Crippen LogP contribution >= 0.6 is 0 Å². The first-order valence-corrected chi connectivity index (χ1v) is 7.59. The molecule has 2 rings (SSSR count). The summed E-state index contributed by atoms with van der Waals surface area (Å²) in [6, 6.07) is 18.8. The third kappa shape index (κ3) is 4.45. The van der Waals surface area contributed by atoms with E-state index in [9.17, 15) is 4.79 Å². The Labute approximate surface area is 127 Å². The summed E-state index contributed by atoms with van der Waals surface area (Å²) in [5, 5.41) is 0. The van der Waals surface area contributed by atoms with Crippen LogP contribution in [0.1, 0.15) is 31.7 Å². The fourth-order valence-electron chi connectivity index (χ4n) is 2.31. The van der Waals surface area contributed by atoms with Gasteiger partial charge in [0.05, 0.1) is 0 Å². The zero-order valence-electron chi connectivity index (χ0n) is 12.9. The number of hydrogen-bond acceptors (Lipinski definition) is 1. The lowest BCUT2D eigenvalue weighted by atomic mass is 10.0. The highest BCUT2D eigenvalue weighted by Crippen LogP contribution is 2.19. The van der Waals surface area contributed by atoms with Gasteiger partial charge in [0.25, 0.3) is 0 Å². The van der Waals surface area contributed by atoms with Gasteiger partial charge in [-0.25, -0.2) is 0 Å². The number of hydrogen-bond donors (Lipinski definition) is 0. The molecule has 0 aliphatic heterocycles. The van der Waals surface area contributed by atoms with Gasteiger partial charge in [-0.05, 0) is 23.1 Å². The Morgan fingerprint density at radius 2 is 1.57 bits per heavy atom. The third-order valence-corrected chi connectivity index (χ3v) is 3.65. The van der Waals surface area contributed by atoms with Crippen molar-refractivity contribution in [2.24, 2.45) is 0 Å². The average Bonchev–Trinajstić information content (AvgIpc) is 2.54. The van der Waals surface area contributed by atoms with Crippen molar-refractivity contribution in [2.75, 3.05) is 7.05 Å². The smallest absolute Gasteiger partial charge is 0.222 e. The quantitative estimate of drug-likeness (QED) is 0.763. The van der Waals surface area contributed by atoms with Gasteiger partial charge >= 0.3 is 0 Å². The van der Waals surface area contributed by atoms with Crippen LogP contribution in [0.4, 0.5) is 0 Å². The van der Waals surface area contributed by atoms with E-state index in [-0.39, 0.29) is 5.91 Å². The maximum atomic E-state index is 11.9. The van der Waals surface area contributed by atoms with Crippen LogP contribution in [0, 0.1) is 0 Å². The molecule has 0 saturated heterocycles. The first-order chi connectivity index (χ1) is 10.2. The van der Waals surface area contributed by atoms with Crippen molar-refractivity contribution < 1.29 is 4.79 Å². The second-order valence-corrected chi connectivity index (χ2v) is 5.42. The summed E-state index contributed by atoms with van der Waals surface area (Å²) >= 11 is 0. The van der Waals surface area contributed by atoms with Gasteiger partial charge in [-0.3, -0.25) is 4.79 Å². The zero-order chi connectivity index (χ0) is 15.1. The minimum Gasteiger partial charge on any atom is -0.341 e. The molecule has 0 heterocycles. The van der Waals surface area contributed by atoms with Crippen LogP contribution in [0.2, 0.25) is 0 Å². The van der Waals surface area contributed by atoms with E-state index in [1.54, 1.807) is 0 Å². The minimum atomic E-state index is 0.226. The van der Waals surface area contributed by atoms with E-state index in [2.05, 4.69) is 43.3 Å². The summed E-state index contributed by atoms with van der Waals surface area (Å²) in [6.45, 7) is 2.78. The second-order valence-electron chi connectivity index (χ2n) is 5.42. The monoisotopic (exact) mass is 281 g/mol. The average molecular weight is 281 g/mol. The Morgan fingerprint density at radius 1 is 0.952 bits per heavy atom. The molecular formula is C19H23NO. The number of carbonyl (C=O) groups excluding carboxylic acids is 1. The van der Waals surface area contributed by atoms with Gasteiger partial charge in [0.1, 0.15) is 0 Å². The van der Waals surface area contributed by atoms with E-state index in [4.69, 9.17) is 0 Å². The van der Waals surface area contributed by atoms with Gasteiger partial charge < -0.3 is 4.90 Å². The SMILES string of the molecule is CCCCC(=O)N(C)Cc1ccc(-c2ccccc2)cc1. The standard InChI is InChI=1S/C19H23NO/c1-3-4-10-19(21)20(2)15-16-11-13-18(14-12-16)17-8-6-5-7-9-17/h5-9,11-14H,3-4,10,15H2,1-2H3. The normalized spacial score (nSPS) is 10.4. The molecule has 0 spiro atoms. The lowest BCUT2D eigenvalue weighted by molar-refractivity contribution is -0.130. The van der Waals surface area contributed by atoms with Gasteiger partial charge in [0.2, 0.25) is 5.91 Å². The number of benzene rings is 2. The van der Waals surface area contributed by atoms with Crippen molar-refractivity contribution in [3.05, 3.63) is 60.2 Å². The van der Waals surface area contributed by atoms with E-state index in [0.717, 1.165) is 12.8 Å². The number of carbonyl (C=O) groups is 1. The fourth-order valence-corrected chi connectivity index (χ4v) is 2.31. The van der Waals surface area contributed by atoms with E-state index in [0.29, 0.717) is 13.0 Å². The zero-order valence-corrected chi connectivity index (χ0v) is 12.9.